The molecule has 0 radical (unpaired) electrons. The number of aromatic nitrogens is 5. The van der Waals surface area contributed by atoms with Gasteiger partial charge in [-0.1, -0.05) is 31.2 Å². The van der Waals surface area contributed by atoms with E-state index in [0.717, 1.165) is 37.2 Å². The van der Waals surface area contributed by atoms with Gasteiger partial charge in [0.25, 0.3) is 0 Å². The zero-order valence-electron chi connectivity index (χ0n) is 19.9. The molecule has 0 aliphatic carbocycles. The third kappa shape index (κ3) is 5.98. The smallest absolute Gasteiger partial charge is 0.192 e. The number of likely N-dealkylation sites (N-methyl/N-ethyl adjacent to an activating group) is 1. The number of hydrogen-bond acceptors (Lipinski definition) is 5. The summed E-state index contributed by atoms with van der Waals surface area (Å²) in [7, 11) is 1.99. The van der Waals surface area contributed by atoms with Crippen molar-refractivity contribution in [2.75, 3.05) is 19.6 Å². The zero-order valence-corrected chi connectivity index (χ0v) is 19.9. The van der Waals surface area contributed by atoms with Crippen LogP contribution in [0.1, 0.15) is 42.5 Å². The number of hydrogen-bond donors (Lipinski definition) is 2. The van der Waals surface area contributed by atoms with Crippen molar-refractivity contribution in [1.82, 2.24) is 40.1 Å². The maximum absolute atomic E-state index is 4.94. The van der Waals surface area contributed by atoms with E-state index in [1.54, 1.807) is 0 Å². The minimum absolute atomic E-state index is 0.547. The first kappa shape index (κ1) is 23.0. The minimum atomic E-state index is 0.547. The Balaban J connectivity index is 1.46. The molecule has 1 aromatic carbocycles. The van der Waals surface area contributed by atoms with Gasteiger partial charge in [-0.2, -0.15) is 5.10 Å². The summed E-state index contributed by atoms with van der Waals surface area (Å²) in [6.45, 7) is 9.24. The molecule has 4 rings (SSSR count). The Hall–Kier alpha value is -3.20. The molecule has 3 aromatic rings. The number of benzene rings is 1. The Bertz CT molecular complexity index is 1040. The van der Waals surface area contributed by atoms with Gasteiger partial charge in [-0.05, 0) is 50.0 Å². The van der Waals surface area contributed by atoms with Crippen molar-refractivity contribution < 1.29 is 0 Å². The maximum Gasteiger partial charge on any atom is 0.192 e. The number of aryl methyl sites for hydroxylation is 1. The minimum Gasteiger partial charge on any atom is -0.355 e. The summed E-state index contributed by atoms with van der Waals surface area (Å²) in [4.78, 5) is 7.47. The summed E-state index contributed by atoms with van der Waals surface area (Å²) in [5.41, 5.74) is 2.42. The average molecular weight is 450 g/mol. The van der Waals surface area contributed by atoms with Gasteiger partial charge in [0.15, 0.2) is 11.8 Å². The molecule has 0 amide bonds. The van der Waals surface area contributed by atoms with Gasteiger partial charge in [-0.15, -0.1) is 10.2 Å². The molecule has 9 heteroatoms. The highest BCUT2D eigenvalue weighted by molar-refractivity contribution is 5.79. The third-order valence-electron chi connectivity index (χ3n) is 6.42. The quantitative estimate of drug-likeness (QED) is 0.384. The molecule has 176 valence electrons. The molecule has 1 aliphatic heterocycles. The molecule has 2 N–H and O–H groups in total. The van der Waals surface area contributed by atoms with E-state index in [1.807, 2.05) is 41.7 Å². The highest BCUT2D eigenvalue weighted by atomic mass is 15.3. The van der Waals surface area contributed by atoms with Crippen LogP contribution in [0.25, 0.3) is 0 Å². The standard InChI is InChI=1S/C24H35N9/c1-4-32-13-7-11-22(32)16-26-24(27-17-23-30-29-19(2)31(23)3)25-15-20-9-5-6-10-21(20)18-33-14-8-12-28-33/h5-6,8-10,12,14,22H,4,7,11,13,15-18H2,1-3H3,(H2,25,26,27). The molecule has 1 aliphatic rings. The van der Waals surface area contributed by atoms with Crippen molar-refractivity contribution in [2.24, 2.45) is 12.0 Å². The van der Waals surface area contributed by atoms with Gasteiger partial charge in [-0.3, -0.25) is 9.58 Å². The van der Waals surface area contributed by atoms with Gasteiger partial charge in [0.1, 0.15) is 5.82 Å². The predicted octanol–water partition coefficient (Wildman–Crippen LogP) is 2.09. The first-order valence-electron chi connectivity index (χ1n) is 11.8. The van der Waals surface area contributed by atoms with E-state index in [2.05, 4.69) is 62.0 Å². The van der Waals surface area contributed by atoms with Crippen molar-refractivity contribution in [1.29, 1.82) is 0 Å². The van der Waals surface area contributed by atoms with Crippen LogP contribution in [0.15, 0.2) is 47.7 Å². The van der Waals surface area contributed by atoms with Gasteiger partial charge in [0.2, 0.25) is 0 Å². The van der Waals surface area contributed by atoms with E-state index in [-0.39, 0.29) is 0 Å². The molecule has 1 saturated heterocycles. The van der Waals surface area contributed by atoms with Crippen LogP contribution in [0.2, 0.25) is 0 Å². The van der Waals surface area contributed by atoms with Crippen molar-refractivity contribution in [2.45, 2.75) is 52.4 Å². The SMILES string of the molecule is CCN1CCCC1CNC(=NCc1ccccc1Cn1cccn1)NCc1nnc(C)n1C. The lowest BCUT2D eigenvalue weighted by atomic mass is 10.1. The molecule has 0 spiro atoms. The number of guanidine groups is 1. The Morgan fingerprint density at radius 3 is 2.73 bits per heavy atom. The number of rotatable bonds is 9. The van der Waals surface area contributed by atoms with Gasteiger partial charge in [0.05, 0.1) is 19.6 Å². The first-order valence-corrected chi connectivity index (χ1v) is 11.8. The predicted molar refractivity (Wildman–Crippen MR) is 130 cm³/mol. The van der Waals surface area contributed by atoms with E-state index in [9.17, 15) is 0 Å². The van der Waals surface area contributed by atoms with E-state index < -0.39 is 0 Å². The molecule has 0 bridgehead atoms. The fraction of sp³-hybridized carbons (Fsp3) is 0.500. The summed E-state index contributed by atoms with van der Waals surface area (Å²) >= 11 is 0. The molecule has 2 aromatic heterocycles. The van der Waals surface area contributed by atoms with Crippen molar-refractivity contribution in [3.8, 4) is 0 Å². The van der Waals surface area contributed by atoms with Crippen LogP contribution in [-0.4, -0.2) is 61.1 Å². The van der Waals surface area contributed by atoms with Crippen LogP contribution >= 0.6 is 0 Å². The largest absolute Gasteiger partial charge is 0.355 e. The zero-order chi connectivity index (χ0) is 23.0. The summed E-state index contributed by atoms with van der Waals surface area (Å²) < 4.78 is 3.94. The van der Waals surface area contributed by atoms with Crippen LogP contribution in [0, 0.1) is 6.92 Å². The van der Waals surface area contributed by atoms with Gasteiger partial charge < -0.3 is 15.2 Å². The van der Waals surface area contributed by atoms with Gasteiger partial charge >= 0.3 is 0 Å². The van der Waals surface area contributed by atoms with Crippen molar-refractivity contribution in [3.05, 3.63) is 65.5 Å². The number of aliphatic imine (C=N–C) groups is 1. The van der Waals surface area contributed by atoms with Crippen LogP contribution in [0.5, 0.6) is 0 Å². The maximum atomic E-state index is 4.94. The monoisotopic (exact) mass is 449 g/mol. The highest BCUT2D eigenvalue weighted by Crippen LogP contribution is 2.16. The molecule has 9 nitrogen and oxygen atoms in total. The topological polar surface area (TPSA) is 88.2 Å². The molecule has 1 fully saturated rings. The summed E-state index contributed by atoms with van der Waals surface area (Å²) in [5, 5.41) is 19.8. The Labute approximate surface area is 195 Å². The lowest BCUT2D eigenvalue weighted by molar-refractivity contribution is 0.267. The number of nitrogens with one attached hydrogen (secondary N) is 2. The van der Waals surface area contributed by atoms with Crippen LogP contribution in [0.3, 0.4) is 0 Å². The Morgan fingerprint density at radius 2 is 2.00 bits per heavy atom. The van der Waals surface area contributed by atoms with E-state index >= 15 is 0 Å². The lowest BCUT2D eigenvalue weighted by Crippen LogP contribution is -2.44. The number of likely N-dealkylation sites (tertiary alicyclic amines) is 1. The van der Waals surface area contributed by atoms with Crippen LogP contribution in [-0.2, 0) is 26.7 Å². The second-order valence-electron chi connectivity index (χ2n) is 8.52. The molecule has 0 saturated carbocycles. The fourth-order valence-corrected chi connectivity index (χ4v) is 4.30. The normalized spacial score (nSPS) is 16.9. The molecule has 1 atom stereocenters. The summed E-state index contributed by atoms with van der Waals surface area (Å²) in [5.74, 6) is 2.58. The fourth-order valence-electron chi connectivity index (χ4n) is 4.30. The first-order chi connectivity index (χ1) is 16.1. The average Bonchev–Trinajstić information content (AvgIpc) is 3.58. The van der Waals surface area contributed by atoms with E-state index in [1.165, 1.54) is 30.5 Å². The second kappa shape index (κ2) is 11.1. The Morgan fingerprint density at radius 1 is 1.15 bits per heavy atom. The van der Waals surface area contributed by atoms with E-state index in [4.69, 9.17) is 4.99 Å². The van der Waals surface area contributed by atoms with Crippen molar-refractivity contribution >= 4 is 5.96 Å². The van der Waals surface area contributed by atoms with Crippen LogP contribution < -0.4 is 10.6 Å². The van der Waals surface area contributed by atoms with Crippen LogP contribution in [0.4, 0.5) is 0 Å². The van der Waals surface area contributed by atoms with Gasteiger partial charge in [0, 0.05) is 32.0 Å². The highest BCUT2D eigenvalue weighted by Gasteiger charge is 2.23. The van der Waals surface area contributed by atoms with Gasteiger partial charge in [-0.25, -0.2) is 4.99 Å². The molecular formula is C24H35N9. The number of nitrogens with zero attached hydrogens (tertiary/aromatic N) is 7. The second-order valence-corrected chi connectivity index (χ2v) is 8.52. The van der Waals surface area contributed by atoms with E-state index in [0.29, 0.717) is 19.1 Å². The molecule has 1 unspecified atom stereocenters. The summed E-state index contributed by atoms with van der Waals surface area (Å²) in [6.07, 6.45) is 6.28. The summed E-state index contributed by atoms with van der Waals surface area (Å²) in [6, 6.07) is 10.9. The molecular weight excluding hydrogens is 414 g/mol. The third-order valence-corrected chi connectivity index (χ3v) is 6.42. The molecule has 3 heterocycles. The van der Waals surface area contributed by atoms with Crippen molar-refractivity contribution in [3.63, 3.8) is 0 Å². The lowest BCUT2D eigenvalue weighted by Gasteiger charge is -2.24. The Kier molecular flexibility index (Phi) is 7.72. The molecule has 33 heavy (non-hydrogen) atoms.